The lowest BCUT2D eigenvalue weighted by atomic mass is 9.96. The van der Waals surface area contributed by atoms with Crippen LogP contribution in [0, 0.1) is 11.6 Å². The van der Waals surface area contributed by atoms with E-state index in [2.05, 4.69) is 10.3 Å². The van der Waals surface area contributed by atoms with Crippen molar-refractivity contribution >= 4 is 40.5 Å². The van der Waals surface area contributed by atoms with Gasteiger partial charge in [0.2, 0.25) is 0 Å². The number of phenols is 1. The summed E-state index contributed by atoms with van der Waals surface area (Å²) < 4.78 is 66.7. The molecule has 0 saturated carbocycles. The first kappa shape index (κ1) is 23.2. The van der Waals surface area contributed by atoms with Crippen LogP contribution in [-0.2, 0) is 6.18 Å². The van der Waals surface area contributed by atoms with Crippen LogP contribution in [-0.4, -0.2) is 22.6 Å². The third-order valence-corrected chi connectivity index (χ3v) is 5.24. The second kappa shape index (κ2) is 8.10. The summed E-state index contributed by atoms with van der Waals surface area (Å²) in [7, 11) is 0. The normalized spacial score (nSPS) is 13.0. The first-order valence-corrected chi connectivity index (χ1v) is 9.68. The Balaban J connectivity index is 1.84. The maximum atomic E-state index is 13.9. The first-order valence-electron chi connectivity index (χ1n) is 9.30. The second-order valence-electron chi connectivity index (χ2n) is 7.18. The fourth-order valence-corrected chi connectivity index (χ4v) is 3.62. The second-order valence-corrected chi connectivity index (χ2v) is 7.59. The highest BCUT2D eigenvalue weighted by atomic mass is 35.5. The predicted octanol–water partition coefficient (Wildman–Crippen LogP) is 5.17. The zero-order valence-electron chi connectivity index (χ0n) is 16.6. The molecular formula is C22H11ClF5N3O3. The lowest BCUT2D eigenvalue weighted by Gasteiger charge is -2.16. The molecule has 1 aliphatic heterocycles. The molecule has 4 rings (SSSR count). The molecule has 34 heavy (non-hydrogen) atoms. The Bertz CT molecular complexity index is 1420. The van der Waals surface area contributed by atoms with Gasteiger partial charge in [0, 0.05) is 16.7 Å². The van der Waals surface area contributed by atoms with Gasteiger partial charge in [0.25, 0.3) is 11.8 Å². The Morgan fingerprint density at radius 2 is 1.74 bits per heavy atom. The SMILES string of the molecule is Nc1cc(NC(=O)c2cc(F)cc(C(F)(F)F)c2)c2c(c1O)C(=O)N=C2c1cc(F)ccc1Cl. The van der Waals surface area contributed by atoms with Gasteiger partial charge in [-0.2, -0.15) is 13.2 Å². The minimum Gasteiger partial charge on any atom is -0.505 e. The monoisotopic (exact) mass is 495 g/mol. The number of carbonyl (C=O) groups is 2. The molecule has 0 spiro atoms. The fraction of sp³-hybridized carbons (Fsp3) is 0.0455. The summed E-state index contributed by atoms with van der Waals surface area (Å²) in [5.41, 5.74) is 2.13. The van der Waals surface area contributed by atoms with E-state index < -0.39 is 52.1 Å². The Labute approximate surface area is 192 Å². The van der Waals surface area contributed by atoms with Crippen LogP contribution in [0.4, 0.5) is 33.3 Å². The number of nitrogen functional groups attached to an aromatic ring is 1. The number of nitrogens with one attached hydrogen (secondary N) is 1. The van der Waals surface area contributed by atoms with Crippen molar-refractivity contribution in [2.75, 3.05) is 11.1 Å². The number of aliphatic imine (C=N–C) groups is 1. The van der Waals surface area contributed by atoms with E-state index in [9.17, 15) is 36.6 Å². The molecule has 6 nitrogen and oxygen atoms in total. The van der Waals surface area contributed by atoms with Gasteiger partial charge >= 0.3 is 6.18 Å². The summed E-state index contributed by atoms with van der Waals surface area (Å²) in [4.78, 5) is 29.0. The molecule has 0 fully saturated rings. The minimum absolute atomic E-state index is 0.0191. The van der Waals surface area contributed by atoms with E-state index in [1.165, 1.54) is 6.07 Å². The summed E-state index contributed by atoms with van der Waals surface area (Å²) in [6.07, 6.45) is -4.91. The van der Waals surface area contributed by atoms with Crippen LogP contribution < -0.4 is 11.1 Å². The van der Waals surface area contributed by atoms with Crippen LogP contribution in [0.5, 0.6) is 5.75 Å². The number of hydrogen-bond acceptors (Lipinski definition) is 4. The third kappa shape index (κ3) is 4.05. The van der Waals surface area contributed by atoms with E-state index in [0.29, 0.717) is 12.1 Å². The van der Waals surface area contributed by atoms with Gasteiger partial charge < -0.3 is 16.2 Å². The molecule has 3 aromatic rings. The number of benzene rings is 3. The average Bonchev–Trinajstić information content (AvgIpc) is 3.09. The van der Waals surface area contributed by atoms with Gasteiger partial charge in [-0.3, -0.25) is 9.59 Å². The summed E-state index contributed by atoms with van der Waals surface area (Å²) >= 11 is 6.11. The molecule has 0 radical (unpaired) electrons. The number of anilines is 2. The maximum absolute atomic E-state index is 13.9. The molecule has 0 atom stereocenters. The molecule has 4 N–H and O–H groups in total. The number of alkyl halides is 3. The molecule has 174 valence electrons. The number of rotatable bonds is 3. The van der Waals surface area contributed by atoms with Gasteiger partial charge in [0.15, 0.2) is 5.75 Å². The molecule has 1 heterocycles. The van der Waals surface area contributed by atoms with Gasteiger partial charge in [0.1, 0.15) is 11.6 Å². The smallest absolute Gasteiger partial charge is 0.416 e. The van der Waals surface area contributed by atoms with E-state index in [1.54, 1.807) is 0 Å². The highest BCUT2D eigenvalue weighted by Gasteiger charge is 2.35. The van der Waals surface area contributed by atoms with Gasteiger partial charge in [0.05, 0.1) is 33.2 Å². The van der Waals surface area contributed by atoms with Crippen molar-refractivity contribution in [2.24, 2.45) is 4.99 Å². The molecule has 0 aromatic heterocycles. The molecule has 0 aliphatic carbocycles. The van der Waals surface area contributed by atoms with Crippen LogP contribution in [0.1, 0.15) is 37.4 Å². The summed E-state index contributed by atoms with van der Waals surface area (Å²) in [5, 5.41) is 12.5. The highest BCUT2D eigenvalue weighted by molar-refractivity contribution is 6.39. The third-order valence-electron chi connectivity index (χ3n) is 4.91. The molecule has 2 amide bonds. The number of nitrogens with zero attached hydrogens (tertiary/aromatic N) is 1. The molecule has 0 unspecified atom stereocenters. The van der Waals surface area contributed by atoms with Crippen molar-refractivity contribution < 1.29 is 36.6 Å². The Hall–Kier alpha value is -3.99. The number of hydrogen-bond donors (Lipinski definition) is 3. The summed E-state index contributed by atoms with van der Waals surface area (Å²) in [6, 6.07) is 5.47. The van der Waals surface area contributed by atoms with E-state index in [0.717, 1.165) is 18.2 Å². The van der Waals surface area contributed by atoms with Crippen LogP contribution in [0.25, 0.3) is 0 Å². The minimum atomic E-state index is -4.91. The number of phenolic OH excluding ortho intramolecular Hbond substituents is 1. The van der Waals surface area contributed by atoms with Crippen LogP contribution in [0.15, 0.2) is 47.5 Å². The predicted molar refractivity (Wildman–Crippen MR) is 113 cm³/mol. The topological polar surface area (TPSA) is 105 Å². The number of nitrogens with two attached hydrogens (primary N) is 1. The number of aromatic hydroxyl groups is 1. The number of halogens is 6. The fourth-order valence-electron chi connectivity index (χ4n) is 3.41. The lowest BCUT2D eigenvalue weighted by Crippen LogP contribution is -2.17. The highest BCUT2D eigenvalue weighted by Crippen LogP contribution is 2.41. The van der Waals surface area contributed by atoms with Crippen molar-refractivity contribution in [2.45, 2.75) is 6.18 Å². The van der Waals surface area contributed by atoms with Crippen LogP contribution in [0.3, 0.4) is 0 Å². The van der Waals surface area contributed by atoms with E-state index in [-0.39, 0.29) is 39.3 Å². The van der Waals surface area contributed by atoms with E-state index in [1.807, 2.05) is 0 Å². The molecule has 3 aromatic carbocycles. The van der Waals surface area contributed by atoms with Crippen molar-refractivity contribution in [3.8, 4) is 5.75 Å². The maximum Gasteiger partial charge on any atom is 0.416 e. The van der Waals surface area contributed by atoms with Crippen molar-refractivity contribution in [1.82, 2.24) is 0 Å². The van der Waals surface area contributed by atoms with Gasteiger partial charge in [-0.25, -0.2) is 13.8 Å². The van der Waals surface area contributed by atoms with Gasteiger partial charge in [-0.1, -0.05) is 11.6 Å². The number of amides is 2. The molecule has 12 heteroatoms. The zero-order chi connectivity index (χ0) is 24.9. The van der Waals surface area contributed by atoms with Crippen molar-refractivity contribution in [3.63, 3.8) is 0 Å². The lowest BCUT2D eigenvalue weighted by molar-refractivity contribution is -0.137. The largest absolute Gasteiger partial charge is 0.505 e. The van der Waals surface area contributed by atoms with E-state index >= 15 is 0 Å². The molecule has 0 saturated heterocycles. The Kier molecular flexibility index (Phi) is 5.52. The quantitative estimate of drug-likeness (QED) is 0.202. The standard InChI is InChI=1S/C22H11ClF5N3O3/c23-13-2-1-10(24)6-12(13)18-16-15(7-14(29)19(32)17(16)21(34)31-18)30-20(33)8-3-9(22(26,27)28)5-11(25)4-8/h1-7,32H,29H2,(H,30,33). The Morgan fingerprint density at radius 1 is 1.03 bits per heavy atom. The van der Waals surface area contributed by atoms with Gasteiger partial charge in [-0.05, 0) is 42.5 Å². The van der Waals surface area contributed by atoms with Crippen LogP contribution >= 0.6 is 11.6 Å². The van der Waals surface area contributed by atoms with Gasteiger partial charge in [-0.15, -0.1) is 0 Å². The Morgan fingerprint density at radius 3 is 2.41 bits per heavy atom. The molecule has 1 aliphatic rings. The zero-order valence-corrected chi connectivity index (χ0v) is 17.4. The average molecular weight is 496 g/mol. The summed E-state index contributed by atoms with van der Waals surface area (Å²) in [6.45, 7) is 0. The number of fused-ring (bicyclic) bond motifs is 1. The van der Waals surface area contributed by atoms with Crippen molar-refractivity contribution in [3.05, 3.63) is 86.9 Å². The number of carbonyl (C=O) groups excluding carboxylic acids is 2. The molecule has 0 bridgehead atoms. The van der Waals surface area contributed by atoms with Crippen molar-refractivity contribution in [1.29, 1.82) is 0 Å². The molecular weight excluding hydrogens is 485 g/mol. The first-order chi connectivity index (χ1) is 15.9. The van der Waals surface area contributed by atoms with Crippen LogP contribution in [0.2, 0.25) is 5.02 Å². The summed E-state index contributed by atoms with van der Waals surface area (Å²) in [5.74, 6) is -4.86. The van der Waals surface area contributed by atoms with E-state index in [4.69, 9.17) is 17.3 Å².